The van der Waals surface area contributed by atoms with Crippen LogP contribution >= 0.6 is 0 Å². The molecule has 4 nitrogen and oxygen atoms in total. The first kappa shape index (κ1) is 12.9. The molecule has 1 unspecified atom stereocenters. The minimum absolute atomic E-state index is 0.0138. The van der Waals surface area contributed by atoms with E-state index in [9.17, 15) is 9.90 Å². The van der Waals surface area contributed by atoms with Gasteiger partial charge in [0.25, 0.3) is 5.91 Å². The Hall–Kier alpha value is -1.55. The van der Waals surface area contributed by atoms with Crippen LogP contribution < -0.4 is 5.73 Å². The third kappa shape index (κ3) is 2.64. The average Bonchev–Trinajstić information content (AvgIpc) is 2.41. The van der Waals surface area contributed by atoms with E-state index in [1.165, 1.54) is 0 Å². The minimum atomic E-state index is 0.0138. The summed E-state index contributed by atoms with van der Waals surface area (Å²) in [7, 11) is 0. The van der Waals surface area contributed by atoms with Crippen LogP contribution in [0.15, 0.2) is 18.2 Å². The van der Waals surface area contributed by atoms with Gasteiger partial charge in [-0.2, -0.15) is 0 Å². The van der Waals surface area contributed by atoms with Gasteiger partial charge in [0, 0.05) is 30.9 Å². The van der Waals surface area contributed by atoms with Gasteiger partial charge in [0.05, 0.1) is 0 Å². The van der Waals surface area contributed by atoms with Crippen LogP contribution in [0, 0.1) is 12.8 Å². The molecule has 0 spiro atoms. The summed E-state index contributed by atoms with van der Waals surface area (Å²) < 4.78 is 0. The van der Waals surface area contributed by atoms with E-state index >= 15 is 0 Å². The highest BCUT2D eigenvalue weighted by molar-refractivity contribution is 5.95. The molecule has 98 valence electrons. The summed E-state index contributed by atoms with van der Waals surface area (Å²) >= 11 is 0. The lowest BCUT2D eigenvalue weighted by Crippen LogP contribution is -2.40. The van der Waals surface area contributed by atoms with Crippen molar-refractivity contribution in [3.05, 3.63) is 29.3 Å². The lowest BCUT2D eigenvalue weighted by molar-refractivity contribution is 0.0621. The van der Waals surface area contributed by atoms with Crippen molar-refractivity contribution in [1.82, 2.24) is 4.90 Å². The zero-order chi connectivity index (χ0) is 13.1. The number of likely N-dealkylation sites (tertiary alicyclic amines) is 1. The number of aliphatic hydroxyl groups is 1. The molecule has 1 atom stereocenters. The summed E-state index contributed by atoms with van der Waals surface area (Å²) in [5, 5.41) is 9.18. The number of nitrogen functional groups attached to an aromatic ring is 1. The number of nitrogens with zero attached hydrogens (tertiary/aromatic N) is 1. The standard InChI is InChI=1S/C14H20N2O2/c1-10-4-5-12(7-13(10)15)14(18)16-6-2-3-11(8-16)9-17/h4-5,7,11,17H,2-3,6,8-9,15H2,1H3. The van der Waals surface area contributed by atoms with E-state index < -0.39 is 0 Å². The Bertz CT molecular complexity index is 445. The van der Waals surface area contributed by atoms with E-state index in [0.717, 1.165) is 24.9 Å². The molecule has 1 amide bonds. The molecular weight excluding hydrogens is 228 g/mol. The number of carbonyl (C=O) groups excluding carboxylic acids is 1. The van der Waals surface area contributed by atoms with Crippen molar-refractivity contribution in [3.8, 4) is 0 Å². The molecule has 0 bridgehead atoms. The van der Waals surface area contributed by atoms with Crippen molar-refractivity contribution in [3.63, 3.8) is 0 Å². The van der Waals surface area contributed by atoms with Crippen molar-refractivity contribution >= 4 is 11.6 Å². The van der Waals surface area contributed by atoms with Crippen LogP contribution in [0.25, 0.3) is 0 Å². The van der Waals surface area contributed by atoms with Crippen LogP contribution in [0.3, 0.4) is 0 Å². The second kappa shape index (κ2) is 5.40. The monoisotopic (exact) mass is 248 g/mol. The summed E-state index contributed by atoms with van der Waals surface area (Å²) in [6.45, 7) is 3.48. The lowest BCUT2D eigenvalue weighted by Gasteiger charge is -2.32. The maximum atomic E-state index is 12.3. The summed E-state index contributed by atoms with van der Waals surface area (Å²) in [4.78, 5) is 14.1. The van der Waals surface area contributed by atoms with Gasteiger partial charge in [0.15, 0.2) is 0 Å². The van der Waals surface area contributed by atoms with E-state index in [1.54, 1.807) is 6.07 Å². The van der Waals surface area contributed by atoms with E-state index in [4.69, 9.17) is 5.73 Å². The Labute approximate surface area is 107 Å². The topological polar surface area (TPSA) is 66.6 Å². The van der Waals surface area contributed by atoms with Crippen LogP contribution in [0.4, 0.5) is 5.69 Å². The van der Waals surface area contributed by atoms with Gasteiger partial charge in [-0.3, -0.25) is 4.79 Å². The van der Waals surface area contributed by atoms with Crippen LogP contribution in [-0.4, -0.2) is 35.6 Å². The Balaban J connectivity index is 2.12. The Morgan fingerprint density at radius 1 is 1.56 bits per heavy atom. The first-order valence-corrected chi connectivity index (χ1v) is 6.38. The molecule has 0 saturated carbocycles. The number of hydrogen-bond acceptors (Lipinski definition) is 3. The largest absolute Gasteiger partial charge is 0.398 e. The third-order valence-corrected chi connectivity index (χ3v) is 3.59. The van der Waals surface area contributed by atoms with E-state index in [0.29, 0.717) is 17.8 Å². The van der Waals surface area contributed by atoms with Crippen molar-refractivity contribution in [2.24, 2.45) is 5.92 Å². The summed E-state index contributed by atoms with van der Waals surface area (Å²) in [5.74, 6) is 0.227. The van der Waals surface area contributed by atoms with E-state index in [-0.39, 0.29) is 18.4 Å². The number of rotatable bonds is 2. The molecule has 0 aliphatic carbocycles. The molecule has 1 aromatic carbocycles. The zero-order valence-corrected chi connectivity index (χ0v) is 10.7. The SMILES string of the molecule is Cc1ccc(C(=O)N2CCCC(CO)C2)cc1N. The maximum Gasteiger partial charge on any atom is 0.253 e. The summed E-state index contributed by atoms with van der Waals surface area (Å²) in [5.41, 5.74) is 8.10. The Morgan fingerprint density at radius 3 is 3.00 bits per heavy atom. The number of anilines is 1. The predicted octanol–water partition coefficient (Wildman–Crippen LogP) is 1.42. The van der Waals surface area contributed by atoms with Gasteiger partial charge in [-0.05, 0) is 43.4 Å². The van der Waals surface area contributed by atoms with Gasteiger partial charge in [-0.15, -0.1) is 0 Å². The number of nitrogens with two attached hydrogens (primary N) is 1. The second-order valence-corrected chi connectivity index (χ2v) is 5.01. The molecule has 1 saturated heterocycles. The van der Waals surface area contributed by atoms with E-state index in [2.05, 4.69) is 0 Å². The fraction of sp³-hybridized carbons (Fsp3) is 0.500. The summed E-state index contributed by atoms with van der Waals surface area (Å²) in [6, 6.07) is 5.42. The van der Waals surface area contributed by atoms with Gasteiger partial charge >= 0.3 is 0 Å². The van der Waals surface area contributed by atoms with Gasteiger partial charge < -0.3 is 15.7 Å². The van der Waals surface area contributed by atoms with Crippen LogP contribution in [0.5, 0.6) is 0 Å². The number of aliphatic hydroxyl groups excluding tert-OH is 1. The molecule has 3 N–H and O–H groups in total. The third-order valence-electron chi connectivity index (χ3n) is 3.59. The maximum absolute atomic E-state index is 12.3. The van der Waals surface area contributed by atoms with Crippen molar-refractivity contribution in [2.75, 3.05) is 25.4 Å². The predicted molar refractivity (Wildman–Crippen MR) is 71.3 cm³/mol. The number of carbonyl (C=O) groups is 1. The van der Waals surface area contributed by atoms with Gasteiger partial charge in [0.2, 0.25) is 0 Å². The quantitative estimate of drug-likeness (QED) is 0.778. The van der Waals surface area contributed by atoms with Crippen LogP contribution in [0.1, 0.15) is 28.8 Å². The van der Waals surface area contributed by atoms with Gasteiger partial charge in [-0.25, -0.2) is 0 Å². The number of aryl methyl sites for hydroxylation is 1. The fourth-order valence-corrected chi connectivity index (χ4v) is 2.35. The number of piperidine rings is 1. The highest BCUT2D eigenvalue weighted by Gasteiger charge is 2.24. The minimum Gasteiger partial charge on any atom is -0.398 e. The first-order valence-electron chi connectivity index (χ1n) is 6.38. The molecule has 0 radical (unpaired) electrons. The van der Waals surface area contributed by atoms with Crippen molar-refractivity contribution in [2.45, 2.75) is 19.8 Å². The lowest BCUT2D eigenvalue weighted by atomic mass is 9.98. The number of hydrogen-bond donors (Lipinski definition) is 2. The Kier molecular flexibility index (Phi) is 3.87. The van der Waals surface area contributed by atoms with Crippen LogP contribution in [-0.2, 0) is 0 Å². The molecular formula is C14H20N2O2. The van der Waals surface area contributed by atoms with Gasteiger partial charge in [-0.1, -0.05) is 6.07 Å². The molecule has 1 heterocycles. The normalized spacial score (nSPS) is 19.9. The smallest absolute Gasteiger partial charge is 0.253 e. The number of amides is 1. The average molecular weight is 248 g/mol. The molecule has 0 aromatic heterocycles. The molecule has 4 heteroatoms. The van der Waals surface area contributed by atoms with Crippen LogP contribution in [0.2, 0.25) is 0 Å². The van der Waals surface area contributed by atoms with Crippen molar-refractivity contribution < 1.29 is 9.90 Å². The zero-order valence-electron chi connectivity index (χ0n) is 10.7. The van der Waals surface area contributed by atoms with Crippen molar-refractivity contribution in [1.29, 1.82) is 0 Å². The molecule has 18 heavy (non-hydrogen) atoms. The molecule has 1 aromatic rings. The second-order valence-electron chi connectivity index (χ2n) is 5.01. The molecule has 2 rings (SSSR count). The molecule has 1 aliphatic heterocycles. The highest BCUT2D eigenvalue weighted by atomic mass is 16.3. The fourth-order valence-electron chi connectivity index (χ4n) is 2.35. The highest BCUT2D eigenvalue weighted by Crippen LogP contribution is 2.20. The number of benzene rings is 1. The molecule has 1 fully saturated rings. The first-order chi connectivity index (χ1) is 8.61. The summed E-state index contributed by atoms with van der Waals surface area (Å²) in [6.07, 6.45) is 1.95. The van der Waals surface area contributed by atoms with Gasteiger partial charge in [0.1, 0.15) is 0 Å². The molecule has 1 aliphatic rings. The van der Waals surface area contributed by atoms with E-state index in [1.807, 2.05) is 24.0 Å². The Morgan fingerprint density at radius 2 is 2.33 bits per heavy atom.